The highest BCUT2D eigenvalue weighted by Gasteiger charge is 2.76. The second kappa shape index (κ2) is 6.40. The van der Waals surface area contributed by atoms with Crippen molar-refractivity contribution >= 4 is 11.9 Å². The molecule has 162 valence electrons. The molecule has 3 N–H and O–H groups in total. The molecule has 0 aromatic rings. The summed E-state index contributed by atoms with van der Waals surface area (Å²) in [5, 5.41) is 25.6. The third kappa shape index (κ3) is 2.67. The molecule has 0 spiro atoms. The molecule has 7 nitrogen and oxygen atoms in total. The second-order valence-electron chi connectivity index (χ2n) is 9.83. The SMILES string of the molecule is C=C[C@@]1(C)CC(=O)[C@@]2(O)[C@](C)(O1)[C@@H](OC(=O)NC)C=C1C(C)(C)CC[C@H](O)[C@@]12C. The van der Waals surface area contributed by atoms with Crippen LogP contribution in [0.1, 0.15) is 53.9 Å². The molecule has 0 radical (unpaired) electrons. The monoisotopic (exact) mass is 407 g/mol. The van der Waals surface area contributed by atoms with Crippen LogP contribution in [-0.2, 0) is 14.3 Å². The topological polar surface area (TPSA) is 105 Å². The molecule has 2 fully saturated rings. The Bertz CT molecular complexity index is 790. The number of fused-ring (bicyclic) bond motifs is 3. The molecule has 7 heteroatoms. The van der Waals surface area contributed by atoms with E-state index in [9.17, 15) is 19.8 Å². The first-order valence-corrected chi connectivity index (χ1v) is 10.1. The summed E-state index contributed by atoms with van der Waals surface area (Å²) in [5.41, 5.74) is -5.75. The van der Waals surface area contributed by atoms with Gasteiger partial charge in [0.1, 0.15) is 5.60 Å². The molecule has 1 saturated carbocycles. The number of rotatable bonds is 2. The maximum absolute atomic E-state index is 13.6. The van der Waals surface area contributed by atoms with Crippen LogP contribution < -0.4 is 5.32 Å². The van der Waals surface area contributed by atoms with E-state index in [2.05, 4.69) is 11.9 Å². The van der Waals surface area contributed by atoms with Crippen LogP contribution in [0.2, 0.25) is 0 Å². The van der Waals surface area contributed by atoms with Crippen molar-refractivity contribution in [1.29, 1.82) is 0 Å². The molecule has 2 aliphatic carbocycles. The van der Waals surface area contributed by atoms with Crippen molar-refractivity contribution in [3.63, 3.8) is 0 Å². The van der Waals surface area contributed by atoms with Crippen molar-refractivity contribution in [2.24, 2.45) is 10.8 Å². The van der Waals surface area contributed by atoms with Crippen molar-refractivity contribution < 1.29 is 29.3 Å². The summed E-state index contributed by atoms with van der Waals surface area (Å²) in [5.74, 6) is -0.455. The fourth-order valence-corrected chi connectivity index (χ4v) is 5.77. The molecule has 6 atom stereocenters. The van der Waals surface area contributed by atoms with Crippen LogP contribution in [-0.4, -0.2) is 58.1 Å². The minimum atomic E-state index is -2.09. The first-order chi connectivity index (χ1) is 13.2. The second-order valence-corrected chi connectivity index (χ2v) is 9.83. The van der Waals surface area contributed by atoms with Gasteiger partial charge in [-0.25, -0.2) is 4.79 Å². The summed E-state index contributed by atoms with van der Waals surface area (Å²) in [6, 6.07) is 0. The summed E-state index contributed by atoms with van der Waals surface area (Å²) in [6.45, 7) is 12.8. The van der Waals surface area contributed by atoms with Crippen molar-refractivity contribution in [2.45, 2.75) is 82.9 Å². The van der Waals surface area contributed by atoms with E-state index in [1.165, 1.54) is 13.1 Å². The quantitative estimate of drug-likeness (QED) is 0.607. The summed E-state index contributed by atoms with van der Waals surface area (Å²) in [4.78, 5) is 25.7. The largest absolute Gasteiger partial charge is 0.439 e. The summed E-state index contributed by atoms with van der Waals surface area (Å²) >= 11 is 0. The van der Waals surface area contributed by atoms with Gasteiger partial charge in [0, 0.05) is 13.5 Å². The number of carbonyl (C=O) groups excluding carboxylic acids is 2. The van der Waals surface area contributed by atoms with Crippen LogP contribution in [0.4, 0.5) is 4.79 Å². The van der Waals surface area contributed by atoms with Crippen LogP contribution in [0.15, 0.2) is 24.3 Å². The lowest BCUT2D eigenvalue weighted by Gasteiger charge is -2.66. The zero-order chi connectivity index (χ0) is 22.0. The average Bonchev–Trinajstić information content (AvgIpc) is 2.64. The van der Waals surface area contributed by atoms with E-state index in [4.69, 9.17) is 9.47 Å². The highest BCUT2D eigenvalue weighted by Crippen LogP contribution is 2.64. The minimum absolute atomic E-state index is 0.0920. The molecular weight excluding hydrogens is 374 g/mol. The summed E-state index contributed by atoms with van der Waals surface area (Å²) in [6.07, 6.45) is 1.61. The van der Waals surface area contributed by atoms with Gasteiger partial charge in [0.25, 0.3) is 0 Å². The van der Waals surface area contributed by atoms with Gasteiger partial charge in [0.2, 0.25) is 0 Å². The number of aliphatic hydroxyl groups excluding tert-OH is 1. The molecule has 3 rings (SSSR count). The maximum Gasteiger partial charge on any atom is 0.407 e. The predicted molar refractivity (Wildman–Crippen MR) is 107 cm³/mol. The average molecular weight is 408 g/mol. The zero-order valence-corrected chi connectivity index (χ0v) is 18.2. The van der Waals surface area contributed by atoms with Crippen molar-refractivity contribution in [1.82, 2.24) is 5.32 Å². The number of hydrogen-bond donors (Lipinski definition) is 3. The molecule has 1 amide bonds. The summed E-state index contributed by atoms with van der Waals surface area (Å²) in [7, 11) is 1.44. The van der Waals surface area contributed by atoms with Crippen LogP contribution in [0.25, 0.3) is 0 Å². The van der Waals surface area contributed by atoms with E-state index in [1.54, 1.807) is 26.8 Å². The van der Waals surface area contributed by atoms with Gasteiger partial charge in [-0.3, -0.25) is 4.79 Å². The van der Waals surface area contributed by atoms with Crippen LogP contribution in [0.5, 0.6) is 0 Å². The van der Waals surface area contributed by atoms with Gasteiger partial charge in [-0.2, -0.15) is 0 Å². The first kappa shape index (κ1) is 22.0. The fraction of sp³-hybridized carbons (Fsp3) is 0.727. The van der Waals surface area contributed by atoms with E-state index < -0.39 is 51.7 Å². The van der Waals surface area contributed by atoms with Gasteiger partial charge in [-0.15, -0.1) is 6.58 Å². The number of alkyl carbamates (subject to hydrolysis) is 1. The normalized spacial score (nSPS) is 46.1. The Morgan fingerprint density at radius 2 is 1.97 bits per heavy atom. The van der Waals surface area contributed by atoms with Crippen molar-refractivity contribution in [2.75, 3.05) is 7.05 Å². The summed E-state index contributed by atoms with van der Waals surface area (Å²) < 4.78 is 11.9. The standard InChI is InChI=1S/C22H33NO6/c1-8-19(4)12-15(25)22(27)20(5)13(18(2,3)10-9-14(20)24)11-16(21(22,6)29-19)28-17(26)23-7/h8,11,14,16,24,27H,1,9-10,12H2,2-7H3,(H,23,26)/t14-,16-,19-,20+,21+,22-/m0/s1. The highest BCUT2D eigenvalue weighted by atomic mass is 16.6. The van der Waals surface area contributed by atoms with Gasteiger partial charge in [0.15, 0.2) is 17.5 Å². The number of Topliss-reactive ketones (excluding diaryl/α,β-unsaturated/α-hetero) is 1. The molecule has 0 bridgehead atoms. The lowest BCUT2D eigenvalue weighted by atomic mass is 9.44. The lowest BCUT2D eigenvalue weighted by Crippen LogP contribution is -2.81. The van der Waals surface area contributed by atoms with Crippen LogP contribution >= 0.6 is 0 Å². The molecule has 3 aliphatic rings. The molecule has 1 aliphatic heterocycles. The Morgan fingerprint density at radius 3 is 2.52 bits per heavy atom. The number of nitrogens with one attached hydrogen (secondary N) is 1. The Labute approximate surface area is 172 Å². The van der Waals surface area contributed by atoms with Crippen LogP contribution in [0, 0.1) is 10.8 Å². The Kier molecular flexibility index (Phi) is 4.85. The zero-order valence-electron chi connectivity index (χ0n) is 18.2. The molecular formula is C22H33NO6. The van der Waals surface area contributed by atoms with Gasteiger partial charge < -0.3 is 25.0 Å². The third-order valence-corrected chi connectivity index (χ3v) is 7.56. The molecule has 29 heavy (non-hydrogen) atoms. The third-order valence-electron chi connectivity index (χ3n) is 7.56. The van der Waals surface area contributed by atoms with Crippen LogP contribution in [0.3, 0.4) is 0 Å². The minimum Gasteiger partial charge on any atom is -0.439 e. The van der Waals surface area contributed by atoms with E-state index in [-0.39, 0.29) is 6.42 Å². The number of amides is 1. The molecule has 0 aromatic heterocycles. The molecule has 1 heterocycles. The molecule has 1 saturated heterocycles. The molecule has 0 aromatic carbocycles. The Morgan fingerprint density at radius 1 is 1.34 bits per heavy atom. The van der Waals surface area contributed by atoms with Gasteiger partial charge in [-0.1, -0.05) is 25.5 Å². The van der Waals surface area contributed by atoms with Crippen molar-refractivity contribution in [3.8, 4) is 0 Å². The first-order valence-electron chi connectivity index (χ1n) is 10.1. The number of carbonyl (C=O) groups is 2. The van der Waals surface area contributed by atoms with E-state index in [0.717, 1.165) is 0 Å². The van der Waals surface area contributed by atoms with Gasteiger partial charge >= 0.3 is 6.09 Å². The number of ether oxygens (including phenoxy) is 2. The fourth-order valence-electron chi connectivity index (χ4n) is 5.77. The van der Waals surface area contributed by atoms with Crippen molar-refractivity contribution in [3.05, 3.63) is 24.3 Å². The number of ketones is 1. The molecule has 0 unspecified atom stereocenters. The van der Waals surface area contributed by atoms with E-state index in [0.29, 0.717) is 18.4 Å². The smallest absolute Gasteiger partial charge is 0.407 e. The van der Waals surface area contributed by atoms with E-state index in [1.807, 2.05) is 13.8 Å². The van der Waals surface area contributed by atoms with Gasteiger partial charge in [-0.05, 0) is 45.1 Å². The number of hydrogen-bond acceptors (Lipinski definition) is 6. The predicted octanol–water partition coefficient (Wildman–Crippen LogP) is 2.26. The number of aliphatic hydroxyl groups is 2. The van der Waals surface area contributed by atoms with Gasteiger partial charge in [0.05, 0.1) is 17.1 Å². The Hall–Kier alpha value is -1.70. The highest BCUT2D eigenvalue weighted by molar-refractivity contribution is 5.93. The van der Waals surface area contributed by atoms with E-state index >= 15 is 0 Å². The maximum atomic E-state index is 13.6. The lowest BCUT2D eigenvalue weighted by molar-refractivity contribution is -0.303. The Balaban J connectivity index is 2.33.